The van der Waals surface area contributed by atoms with Gasteiger partial charge in [-0.15, -0.1) is 0 Å². The van der Waals surface area contributed by atoms with Crippen molar-refractivity contribution in [2.75, 3.05) is 13.1 Å². The number of carbonyl (C=O) groups excluding carboxylic acids is 1. The normalized spacial score (nSPS) is 17.1. The second kappa shape index (κ2) is 7.26. The lowest BCUT2D eigenvalue weighted by molar-refractivity contribution is 0.0700. The lowest BCUT2D eigenvalue weighted by atomic mass is 9.94. The Morgan fingerprint density at radius 2 is 2.00 bits per heavy atom. The summed E-state index contributed by atoms with van der Waals surface area (Å²) in [5.41, 5.74) is 2.46. The maximum Gasteiger partial charge on any atom is 0.258 e. The molecule has 1 N–H and O–H groups in total. The first-order chi connectivity index (χ1) is 13.1. The van der Waals surface area contributed by atoms with E-state index in [1.165, 1.54) is 24.4 Å². The number of H-pyrrole nitrogens is 1. The van der Waals surface area contributed by atoms with Gasteiger partial charge in [-0.1, -0.05) is 0 Å². The molecule has 0 bridgehead atoms. The molecule has 27 heavy (non-hydrogen) atoms. The molecule has 0 spiro atoms. The summed E-state index contributed by atoms with van der Waals surface area (Å²) in [4.78, 5) is 17.9. The minimum atomic E-state index is -0.746. The zero-order valence-electron chi connectivity index (χ0n) is 14.5. The molecule has 0 radical (unpaired) electrons. The zero-order valence-corrected chi connectivity index (χ0v) is 14.5. The van der Waals surface area contributed by atoms with E-state index in [4.69, 9.17) is 0 Å². The summed E-state index contributed by atoms with van der Waals surface area (Å²) in [5.74, 6) is -1.30. The van der Waals surface area contributed by atoms with Crippen molar-refractivity contribution in [1.29, 1.82) is 0 Å². The van der Waals surface area contributed by atoms with Crippen LogP contribution in [0, 0.1) is 11.8 Å². The minimum absolute atomic E-state index is 0.00485. The van der Waals surface area contributed by atoms with Crippen LogP contribution in [0.3, 0.4) is 0 Å². The van der Waals surface area contributed by atoms with Crippen molar-refractivity contribution in [1.82, 2.24) is 20.1 Å². The third kappa shape index (κ3) is 3.58. The number of rotatable bonds is 3. The van der Waals surface area contributed by atoms with Crippen molar-refractivity contribution >= 4 is 5.91 Å². The summed E-state index contributed by atoms with van der Waals surface area (Å²) in [7, 11) is 0. The number of piperidine rings is 1. The van der Waals surface area contributed by atoms with E-state index in [9.17, 15) is 13.6 Å². The number of halogens is 2. The zero-order chi connectivity index (χ0) is 18.8. The Morgan fingerprint density at radius 1 is 1.19 bits per heavy atom. The van der Waals surface area contributed by atoms with Crippen LogP contribution in [0.15, 0.2) is 48.7 Å². The molecule has 1 fully saturated rings. The molecule has 2 aromatic heterocycles. The van der Waals surface area contributed by atoms with Crippen LogP contribution < -0.4 is 0 Å². The van der Waals surface area contributed by atoms with Gasteiger partial charge >= 0.3 is 0 Å². The standard InChI is InChI=1S/C20H18F2N4O/c21-15-7-5-13(6-8-15)17-11-18(25-24-17)14-3-2-10-26(12-14)20(27)16-4-1-9-23-19(16)22/h1,4-9,11,14H,2-3,10,12H2,(H,24,25)/t14-/m0/s1. The topological polar surface area (TPSA) is 61.9 Å². The largest absolute Gasteiger partial charge is 0.338 e. The number of amides is 1. The van der Waals surface area contributed by atoms with E-state index in [1.807, 2.05) is 6.07 Å². The first-order valence-corrected chi connectivity index (χ1v) is 8.83. The fraction of sp³-hybridized carbons (Fsp3) is 0.250. The molecule has 138 valence electrons. The van der Waals surface area contributed by atoms with Gasteiger partial charge in [-0.25, -0.2) is 9.37 Å². The highest BCUT2D eigenvalue weighted by Crippen LogP contribution is 2.29. The van der Waals surface area contributed by atoms with Gasteiger partial charge in [0.2, 0.25) is 5.95 Å². The van der Waals surface area contributed by atoms with E-state index >= 15 is 0 Å². The van der Waals surface area contributed by atoms with Crippen molar-refractivity contribution in [2.24, 2.45) is 0 Å². The first kappa shape index (κ1) is 17.3. The van der Waals surface area contributed by atoms with Gasteiger partial charge in [0.25, 0.3) is 5.91 Å². The summed E-state index contributed by atoms with van der Waals surface area (Å²) in [6.45, 7) is 1.07. The number of pyridine rings is 1. The Bertz CT molecular complexity index is 955. The lowest BCUT2D eigenvalue weighted by Gasteiger charge is -2.32. The van der Waals surface area contributed by atoms with Gasteiger partial charge in [-0.2, -0.15) is 9.49 Å². The number of benzene rings is 1. The van der Waals surface area contributed by atoms with Gasteiger partial charge in [0.15, 0.2) is 0 Å². The molecule has 1 aliphatic rings. The number of aromatic amines is 1. The minimum Gasteiger partial charge on any atom is -0.338 e. The van der Waals surface area contributed by atoms with Gasteiger partial charge in [0.05, 0.1) is 11.3 Å². The van der Waals surface area contributed by atoms with E-state index in [0.29, 0.717) is 13.1 Å². The molecule has 1 aromatic carbocycles. The van der Waals surface area contributed by atoms with Crippen LogP contribution in [-0.4, -0.2) is 39.1 Å². The molecule has 3 aromatic rings. The highest BCUT2D eigenvalue weighted by molar-refractivity contribution is 5.94. The quantitative estimate of drug-likeness (QED) is 0.716. The molecular weight excluding hydrogens is 350 g/mol. The highest BCUT2D eigenvalue weighted by Gasteiger charge is 2.28. The van der Waals surface area contributed by atoms with E-state index in [1.54, 1.807) is 23.1 Å². The second-order valence-corrected chi connectivity index (χ2v) is 6.65. The van der Waals surface area contributed by atoms with Crippen LogP contribution >= 0.6 is 0 Å². The Balaban J connectivity index is 1.51. The Kier molecular flexibility index (Phi) is 4.66. The van der Waals surface area contributed by atoms with Crippen molar-refractivity contribution in [3.8, 4) is 11.3 Å². The molecule has 1 atom stereocenters. The maximum atomic E-state index is 13.8. The summed E-state index contributed by atoms with van der Waals surface area (Å²) >= 11 is 0. The van der Waals surface area contributed by atoms with Gasteiger partial charge in [0, 0.05) is 36.5 Å². The number of nitrogens with one attached hydrogen (secondary N) is 1. The predicted molar refractivity (Wildman–Crippen MR) is 96.1 cm³/mol. The highest BCUT2D eigenvalue weighted by atomic mass is 19.1. The molecule has 0 unspecified atom stereocenters. The number of likely N-dealkylation sites (tertiary alicyclic amines) is 1. The summed E-state index contributed by atoms with van der Waals surface area (Å²) in [6.07, 6.45) is 3.06. The predicted octanol–water partition coefficient (Wildman–Crippen LogP) is 3.77. The van der Waals surface area contributed by atoms with Crippen molar-refractivity contribution < 1.29 is 13.6 Å². The van der Waals surface area contributed by atoms with E-state index < -0.39 is 5.95 Å². The average Bonchev–Trinajstić information content (AvgIpc) is 3.19. The molecule has 0 aliphatic carbocycles. The monoisotopic (exact) mass is 368 g/mol. The van der Waals surface area contributed by atoms with E-state index in [2.05, 4.69) is 15.2 Å². The first-order valence-electron chi connectivity index (χ1n) is 8.83. The summed E-state index contributed by atoms with van der Waals surface area (Å²) < 4.78 is 26.9. The van der Waals surface area contributed by atoms with Gasteiger partial charge in [0.1, 0.15) is 5.82 Å². The number of hydrogen-bond acceptors (Lipinski definition) is 3. The molecular formula is C20H18F2N4O. The van der Waals surface area contributed by atoms with Crippen LogP contribution in [0.5, 0.6) is 0 Å². The smallest absolute Gasteiger partial charge is 0.258 e. The number of hydrogen-bond donors (Lipinski definition) is 1. The third-order valence-corrected chi connectivity index (χ3v) is 4.88. The van der Waals surface area contributed by atoms with Crippen molar-refractivity contribution in [3.63, 3.8) is 0 Å². The number of carbonyl (C=O) groups is 1. The van der Waals surface area contributed by atoms with Crippen LogP contribution in [0.1, 0.15) is 34.8 Å². The Hall–Kier alpha value is -3.09. The van der Waals surface area contributed by atoms with Crippen LogP contribution in [0.2, 0.25) is 0 Å². The van der Waals surface area contributed by atoms with E-state index in [0.717, 1.165) is 29.8 Å². The molecule has 1 amide bonds. The van der Waals surface area contributed by atoms with Gasteiger partial charge < -0.3 is 4.90 Å². The summed E-state index contributed by atoms with van der Waals surface area (Å²) in [5, 5.41) is 7.34. The van der Waals surface area contributed by atoms with Crippen LogP contribution in [-0.2, 0) is 0 Å². The molecule has 3 heterocycles. The number of nitrogens with zero attached hydrogens (tertiary/aromatic N) is 3. The SMILES string of the molecule is O=C(c1cccnc1F)N1CCC[C@H](c2cc(-c3ccc(F)cc3)n[nH]2)C1. The Morgan fingerprint density at radius 3 is 2.78 bits per heavy atom. The fourth-order valence-electron chi connectivity index (χ4n) is 3.45. The van der Waals surface area contributed by atoms with Gasteiger partial charge in [-0.05, 0) is 55.3 Å². The molecule has 1 aliphatic heterocycles. The van der Waals surface area contributed by atoms with Crippen molar-refractivity contribution in [3.05, 3.63) is 71.7 Å². The number of aromatic nitrogens is 3. The molecule has 0 saturated carbocycles. The average molecular weight is 368 g/mol. The third-order valence-electron chi connectivity index (χ3n) is 4.88. The van der Waals surface area contributed by atoms with Crippen LogP contribution in [0.4, 0.5) is 8.78 Å². The second-order valence-electron chi connectivity index (χ2n) is 6.65. The molecule has 5 nitrogen and oxygen atoms in total. The fourth-order valence-corrected chi connectivity index (χ4v) is 3.45. The van der Waals surface area contributed by atoms with Crippen LogP contribution in [0.25, 0.3) is 11.3 Å². The molecule has 4 rings (SSSR count). The van der Waals surface area contributed by atoms with Gasteiger partial charge in [-0.3, -0.25) is 9.89 Å². The van der Waals surface area contributed by atoms with Crippen molar-refractivity contribution in [2.45, 2.75) is 18.8 Å². The maximum absolute atomic E-state index is 13.8. The molecule has 1 saturated heterocycles. The Labute approximate surface area is 155 Å². The molecule has 7 heteroatoms. The summed E-state index contributed by atoms with van der Waals surface area (Å²) in [6, 6.07) is 11.1. The van der Waals surface area contributed by atoms with E-state index in [-0.39, 0.29) is 23.2 Å². The lowest BCUT2D eigenvalue weighted by Crippen LogP contribution is -2.39.